The van der Waals surface area contributed by atoms with Crippen LogP contribution in [-0.4, -0.2) is 11.1 Å². The van der Waals surface area contributed by atoms with Crippen molar-refractivity contribution in [2.45, 2.75) is 20.5 Å². The molecule has 20 heavy (non-hydrogen) atoms. The summed E-state index contributed by atoms with van der Waals surface area (Å²) in [6.07, 6.45) is 0. The molecule has 1 N–H and O–H groups in total. The molecule has 104 valence electrons. The Hall–Kier alpha value is -2.29. The van der Waals surface area contributed by atoms with Gasteiger partial charge in [0.05, 0.1) is 5.92 Å². The Morgan fingerprint density at radius 2 is 1.75 bits per heavy atom. The maximum absolute atomic E-state index is 11.6. The van der Waals surface area contributed by atoms with Gasteiger partial charge >= 0.3 is 5.97 Å². The van der Waals surface area contributed by atoms with Crippen LogP contribution in [0.1, 0.15) is 19.4 Å². The molecule has 0 unspecified atom stereocenters. The van der Waals surface area contributed by atoms with Crippen molar-refractivity contribution >= 4 is 5.97 Å². The van der Waals surface area contributed by atoms with Gasteiger partial charge in [0.15, 0.2) is 0 Å². The highest BCUT2D eigenvalue weighted by molar-refractivity contribution is 5.72. The van der Waals surface area contributed by atoms with Gasteiger partial charge in [0.1, 0.15) is 12.4 Å². The summed E-state index contributed by atoms with van der Waals surface area (Å²) in [5.41, 5.74) is 2.94. The Labute approximate surface area is 118 Å². The third kappa shape index (κ3) is 3.38. The van der Waals surface area contributed by atoms with Crippen molar-refractivity contribution in [2.75, 3.05) is 0 Å². The Bertz CT molecular complexity index is 585. The number of esters is 1. The number of carbonyl (C=O) groups excluding carboxylic acids is 1. The summed E-state index contributed by atoms with van der Waals surface area (Å²) in [4.78, 5) is 11.6. The number of ether oxygens (including phenoxy) is 1. The zero-order valence-electron chi connectivity index (χ0n) is 11.7. The second kappa shape index (κ2) is 6.24. The molecule has 0 bridgehead atoms. The van der Waals surface area contributed by atoms with Crippen molar-refractivity contribution in [1.29, 1.82) is 0 Å². The lowest BCUT2D eigenvalue weighted by Crippen LogP contribution is -2.11. The molecular weight excluding hydrogens is 252 g/mol. The molecule has 0 aliphatic carbocycles. The third-order valence-corrected chi connectivity index (χ3v) is 3.04. The highest BCUT2D eigenvalue weighted by Gasteiger charge is 2.10. The minimum Gasteiger partial charge on any atom is -0.508 e. The van der Waals surface area contributed by atoms with E-state index in [1.165, 1.54) is 0 Å². The van der Waals surface area contributed by atoms with Crippen LogP contribution < -0.4 is 0 Å². The second-order valence-corrected chi connectivity index (χ2v) is 4.97. The normalized spacial score (nSPS) is 10.6. The molecule has 0 spiro atoms. The van der Waals surface area contributed by atoms with E-state index in [0.717, 1.165) is 16.7 Å². The second-order valence-electron chi connectivity index (χ2n) is 4.97. The van der Waals surface area contributed by atoms with Crippen LogP contribution in [0.15, 0.2) is 48.5 Å². The summed E-state index contributed by atoms with van der Waals surface area (Å²) < 4.78 is 5.29. The van der Waals surface area contributed by atoms with Crippen molar-refractivity contribution in [1.82, 2.24) is 0 Å². The van der Waals surface area contributed by atoms with Crippen molar-refractivity contribution in [2.24, 2.45) is 5.92 Å². The van der Waals surface area contributed by atoms with Gasteiger partial charge in [0.25, 0.3) is 0 Å². The number of benzene rings is 2. The van der Waals surface area contributed by atoms with E-state index in [9.17, 15) is 9.90 Å². The Kier molecular flexibility index (Phi) is 4.41. The van der Waals surface area contributed by atoms with E-state index in [4.69, 9.17) is 4.74 Å². The molecule has 0 amide bonds. The van der Waals surface area contributed by atoms with Gasteiger partial charge in [-0.15, -0.1) is 0 Å². The molecule has 0 fully saturated rings. The van der Waals surface area contributed by atoms with Gasteiger partial charge < -0.3 is 9.84 Å². The Morgan fingerprint density at radius 3 is 2.40 bits per heavy atom. The first-order valence-corrected chi connectivity index (χ1v) is 6.62. The van der Waals surface area contributed by atoms with Gasteiger partial charge in [0.2, 0.25) is 0 Å². The fourth-order valence-electron chi connectivity index (χ4n) is 1.88. The quantitative estimate of drug-likeness (QED) is 0.860. The van der Waals surface area contributed by atoms with E-state index in [1.54, 1.807) is 12.1 Å². The molecule has 2 aromatic carbocycles. The molecular formula is C17H18O3. The van der Waals surface area contributed by atoms with Gasteiger partial charge in [-0.1, -0.05) is 50.2 Å². The molecule has 0 saturated carbocycles. The number of hydrogen-bond acceptors (Lipinski definition) is 3. The van der Waals surface area contributed by atoms with E-state index in [-0.39, 0.29) is 24.2 Å². The summed E-state index contributed by atoms with van der Waals surface area (Å²) in [5, 5.41) is 9.34. The average Bonchev–Trinajstić information content (AvgIpc) is 2.46. The van der Waals surface area contributed by atoms with Crippen LogP contribution in [0.5, 0.6) is 5.75 Å². The van der Waals surface area contributed by atoms with Crippen LogP contribution >= 0.6 is 0 Å². The topological polar surface area (TPSA) is 46.5 Å². The van der Waals surface area contributed by atoms with Crippen LogP contribution in [-0.2, 0) is 16.1 Å². The van der Waals surface area contributed by atoms with Crippen molar-refractivity contribution in [3.05, 3.63) is 54.1 Å². The first-order valence-electron chi connectivity index (χ1n) is 6.62. The van der Waals surface area contributed by atoms with E-state index < -0.39 is 0 Å². The molecule has 0 saturated heterocycles. The lowest BCUT2D eigenvalue weighted by Gasteiger charge is -2.11. The van der Waals surface area contributed by atoms with Crippen molar-refractivity contribution in [3.8, 4) is 16.9 Å². The zero-order valence-corrected chi connectivity index (χ0v) is 11.7. The molecule has 0 aliphatic rings. The van der Waals surface area contributed by atoms with Crippen molar-refractivity contribution < 1.29 is 14.6 Å². The van der Waals surface area contributed by atoms with E-state index >= 15 is 0 Å². The SMILES string of the molecule is CC(C)C(=O)OCc1ccccc1-c1ccc(O)cc1. The largest absolute Gasteiger partial charge is 0.508 e. The van der Waals surface area contributed by atoms with Gasteiger partial charge in [0, 0.05) is 0 Å². The fraction of sp³-hybridized carbons (Fsp3) is 0.235. The maximum atomic E-state index is 11.6. The highest BCUT2D eigenvalue weighted by atomic mass is 16.5. The van der Waals surface area contributed by atoms with Crippen molar-refractivity contribution in [3.63, 3.8) is 0 Å². The number of hydrogen-bond donors (Lipinski definition) is 1. The zero-order chi connectivity index (χ0) is 14.5. The summed E-state index contributed by atoms with van der Waals surface area (Å²) in [6.45, 7) is 3.89. The standard InChI is InChI=1S/C17H18O3/c1-12(2)17(19)20-11-14-5-3-4-6-16(14)13-7-9-15(18)10-8-13/h3-10,12,18H,11H2,1-2H3. The number of rotatable bonds is 4. The van der Waals surface area contributed by atoms with E-state index in [2.05, 4.69) is 0 Å². The number of aromatic hydroxyl groups is 1. The number of carbonyl (C=O) groups is 1. The van der Waals surface area contributed by atoms with Crippen LogP contribution in [0, 0.1) is 5.92 Å². The minimum absolute atomic E-state index is 0.129. The van der Waals surface area contributed by atoms with E-state index in [0.29, 0.717) is 0 Å². The predicted octanol–water partition coefficient (Wildman–Crippen LogP) is 3.76. The maximum Gasteiger partial charge on any atom is 0.308 e. The monoisotopic (exact) mass is 270 g/mol. The highest BCUT2D eigenvalue weighted by Crippen LogP contribution is 2.26. The Morgan fingerprint density at radius 1 is 1.10 bits per heavy atom. The Balaban J connectivity index is 2.22. The molecule has 0 radical (unpaired) electrons. The minimum atomic E-state index is -0.203. The molecule has 0 aliphatic heterocycles. The smallest absolute Gasteiger partial charge is 0.308 e. The van der Waals surface area contributed by atoms with Gasteiger partial charge in [-0.25, -0.2) is 0 Å². The summed E-state index contributed by atoms with van der Waals surface area (Å²) in [5.74, 6) is -0.0983. The van der Waals surface area contributed by atoms with Crippen LogP contribution in [0.2, 0.25) is 0 Å². The van der Waals surface area contributed by atoms with Crippen LogP contribution in [0.25, 0.3) is 11.1 Å². The first kappa shape index (κ1) is 14.1. The molecule has 3 nitrogen and oxygen atoms in total. The summed E-state index contributed by atoms with van der Waals surface area (Å²) >= 11 is 0. The third-order valence-electron chi connectivity index (χ3n) is 3.04. The van der Waals surface area contributed by atoms with E-state index in [1.807, 2.05) is 50.2 Å². The molecule has 0 aromatic heterocycles. The fourth-order valence-corrected chi connectivity index (χ4v) is 1.88. The van der Waals surface area contributed by atoms with Gasteiger partial charge in [-0.2, -0.15) is 0 Å². The average molecular weight is 270 g/mol. The molecule has 2 aromatic rings. The molecule has 3 heteroatoms. The van der Waals surface area contributed by atoms with Gasteiger partial charge in [-0.3, -0.25) is 4.79 Å². The van der Waals surface area contributed by atoms with Crippen LogP contribution in [0.3, 0.4) is 0 Å². The lowest BCUT2D eigenvalue weighted by atomic mass is 10.00. The number of phenolic OH excluding ortho intramolecular Hbond substituents is 1. The lowest BCUT2D eigenvalue weighted by molar-refractivity contribution is -0.148. The molecule has 2 rings (SSSR count). The summed E-state index contributed by atoms with van der Waals surface area (Å²) in [6, 6.07) is 14.8. The van der Waals surface area contributed by atoms with Gasteiger partial charge in [-0.05, 0) is 28.8 Å². The molecule has 0 heterocycles. The number of phenols is 1. The first-order chi connectivity index (χ1) is 9.58. The predicted molar refractivity (Wildman–Crippen MR) is 78.2 cm³/mol. The molecule has 0 atom stereocenters. The van der Waals surface area contributed by atoms with Crippen LogP contribution in [0.4, 0.5) is 0 Å². The summed E-state index contributed by atoms with van der Waals surface area (Å²) in [7, 11) is 0.